The van der Waals surface area contributed by atoms with E-state index >= 15 is 0 Å². The second-order valence-electron chi connectivity index (χ2n) is 3.31. The molecule has 0 unspecified atom stereocenters. The number of fused-ring (bicyclic) bond motifs is 1. The Bertz CT molecular complexity index is 422. The summed E-state index contributed by atoms with van der Waals surface area (Å²) < 4.78 is 2.09. The highest BCUT2D eigenvalue weighted by Crippen LogP contribution is 2.21. The Labute approximate surface area is 83.3 Å². The quantitative estimate of drug-likeness (QED) is 0.774. The van der Waals surface area contributed by atoms with E-state index in [1.165, 1.54) is 0 Å². The van der Waals surface area contributed by atoms with Gasteiger partial charge in [0.2, 0.25) is 0 Å². The number of nitrogens with zero attached hydrogens (tertiary/aromatic N) is 2. The molecule has 0 atom stereocenters. The van der Waals surface area contributed by atoms with Crippen molar-refractivity contribution in [1.29, 1.82) is 0 Å². The van der Waals surface area contributed by atoms with Crippen LogP contribution in [0.2, 0.25) is 0 Å². The van der Waals surface area contributed by atoms with Crippen LogP contribution in [-0.2, 0) is 0 Å². The van der Waals surface area contributed by atoms with Crippen molar-refractivity contribution in [3.8, 4) is 0 Å². The van der Waals surface area contributed by atoms with Crippen LogP contribution in [0.15, 0.2) is 18.5 Å². The molecule has 0 saturated heterocycles. The number of hydrogen-bond acceptors (Lipinski definition) is 2. The zero-order valence-corrected chi connectivity index (χ0v) is 8.62. The van der Waals surface area contributed by atoms with E-state index in [1.54, 1.807) is 0 Å². The van der Waals surface area contributed by atoms with Gasteiger partial charge in [-0.25, -0.2) is 4.68 Å². The number of nitrogens with one attached hydrogen (secondary N) is 1. The van der Waals surface area contributed by atoms with Crippen molar-refractivity contribution in [3.05, 3.63) is 18.5 Å². The van der Waals surface area contributed by atoms with E-state index in [-0.39, 0.29) is 0 Å². The lowest BCUT2D eigenvalue weighted by Crippen LogP contribution is -2.33. The van der Waals surface area contributed by atoms with E-state index in [9.17, 15) is 0 Å². The van der Waals surface area contributed by atoms with Gasteiger partial charge in [-0.05, 0) is 19.9 Å². The second kappa shape index (κ2) is 3.29. The number of H-pyrrole nitrogens is 1. The number of aromatic nitrogens is 2. The fourth-order valence-electron chi connectivity index (χ4n) is 1.80. The summed E-state index contributed by atoms with van der Waals surface area (Å²) in [5, 5.41) is 3.31. The van der Waals surface area contributed by atoms with Crippen LogP contribution < -0.4 is 10.7 Å². The molecule has 2 aromatic rings. The molecule has 4 heteroatoms. The van der Waals surface area contributed by atoms with Gasteiger partial charge in [-0.2, -0.15) is 0 Å². The van der Waals surface area contributed by atoms with Gasteiger partial charge in [0.15, 0.2) is 0 Å². The molecule has 76 valence electrons. The number of nitrogen functional groups attached to an aromatic ring is 1. The van der Waals surface area contributed by atoms with Crippen LogP contribution in [0.5, 0.6) is 0 Å². The van der Waals surface area contributed by atoms with Gasteiger partial charge in [0.25, 0.3) is 0 Å². The fraction of sp³-hybridized carbons (Fsp3) is 0.400. The van der Waals surface area contributed by atoms with E-state index in [0.29, 0.717) is 0 Å². The molecule has 0 aliphatic rings. The first-order valence-corrected chi connectivity index (χ1v) is 4.97. The highest BCUT2D eigenvalue weighted by molar-refractivity contribution is 5.90. The van der Waals surface area contributed by atoms with Gasteiger partial charge in [0, 0.05) is 24.7 Å². The number of hydrogen-bond donors (Lipinski definition) is 2. The molecule has 0 spiro atoms. The Morgan fingerprint density at radius 1 is 1.43 bits per heavy atom. The second-order valence-corrected chi connectivity index (χ2v) is 3.31. The first kappa shape index (κ1) is 8.99. The van der Waals surface area contributed by atoms with Crippen molar-refractivity contribution in [1.82, 2.24) is 9.66 Å². The zero-order valence-electron chi connectivity index (χ0n) is 8.62. The lowest BCUT2D eigenvalue weighted by molar-refractivity contribution is 0.636. The Kier molecular flexibility index (Phi) is 2.11. The molecule has 0 amide bonds. The van der Waals surface area contributed by atoms with Crippen molar-refractivity contribution >= 4 is 16.7 Å². The topological polar surface area (TPSA) is 50.0 Å². The number of aromatic amines is 1. The van der Waals surface area contributed by atoms with Crippen LogP contribution in [0.3, 0.4) is 0 Å². The van der Waals surface area contributed by atoms with E-state index in [1.807, 2.05) is 18.5 Å². The summed E-state index contributed by atoms with van der Waals surface area (Å²) in [7, 11) is 0. The lowest BCUT2D eigenvalue weighted by atomic mass is 10.4. The molecule has 0 fully saturated rings. The summed E-state index contributed by atoms with van der Waals surface area (Å²) in [5.41, 5.74) is 7.80. The van der Waals surface area contributed by atoms with Gasteiger partial charge in [0.05, 0.1) is 11.9 Å². The molecule has 14 heavy (non-hydrogen) atoms. The molecule has 4 nitrogen and oxygen atoms in total. The van der Waals surface area contributed by atoms with Crippen LogP contribution >= 0.6 is 0 Å². The van der Waals surface area contributed by atoms with Crippen molar-refractivity contribution in [2.45, 2.75) is 13.8 Å². The number of anilines is 1. The van der Waals surface area contributed by atoms with Gasteiger partial charge in [0.1, 0.15) is 5.65 Å². The van der Waals surface area contributed by atoms with Crippen LogP contribution in [-0.4, -0.2) is 22.7 Å². The molecule has 2 rings (SSSR count). The van der Waals surface area contributed by atoms with E-state index < -0.39 is 0 Å². The van der Waals surface area contributed by atoms with Crippen molar-refractivity contribution in [2.75, 3.05) is 23.8 Å². The van der Waals surface area contributed by atoms with Crippen molar-refractivity contribution < 1.29 is 0 Å². The molecule has 0 aromatic carbocycles. The molecule has 0 bridgehead atoms. The van der Waals surface area contributed by atoms with Gasteiger partial charge in [-0.1, -0.05) is 0 Å². The molecule has 2 aromatic heterocycles. The largest absolute Gasteiger partial charge is 0.397 e. The van der Waals surface area contributed by atoms with Gasteiger partial charge >= 0.3 is 0 Å². The first-order chi connectivity index (χ1) is 6.77. The van der Waals surface area contributed by atoms with E-state index in [0.717, 1.165) is 29.8 Å². The molecular formula is C10H16N4. The minimum Gasteiger partial charge on any atom is -0.397 e. The maximum Gasteiger partial charge on any atom is 0.138 e. The third kappa shape index (κ3) is 1.14. The molecule has 0 aliphatic heterocycles. The minimum atomic E-state index is 0.827. The average molecular weight is 192 g/mol. The molecule has 0 radical (unpaired) electrons. The molecule has 0 aliphatic carbocycles. The van der Waals surface area contributed by atoms with Gasteiger partial charge < -0.3 is 15.7 Å². The monoisotopic (exact) mass is 192 g/mol. The number of rotatable bonds is 3. The van der Waals surface area contributed by atoms with Crippen LogP contribution in [0.1, 0.15) is 13.8 Å². The van der Waals surface area contributed by atoms with Gasteiger partial charge in [-0.3, -0.25) is 0 Å². The van der Waals surface area contributed by atoms with Crippen LogP contribution in [0.25, 0.3) is 11.0 Å². The maximum absolute atomic E-state index is 5.90. The summed E-state index contributed by atoms with van der Waals surface area (Å²) in [5.74, 6) is 0. The Balaban J connectivity index is 2.55. The number of nitrogens with two attached hydrogens (primary N) is 1. The third-order valence-corrected chi connectivity index (χ3v) is 2.56. The first-order valence-electron chi connectivity index (χ1n) is 4.97. The standard InChI is InChI=1S/C10H16N4/c1-3-13(4-2)14-7-9(11)8-5-6-12-10(8)14/h5-7,12H,3-4,11H2,1-2H3. The summed E-state index contributed by atoms with van der Waals surface area (Å²) >= 11 is 0. The lowest BCUT2D eigenvalue weighted by Gasteiger charge is -2.22. The molecule has 2 heterocycles. The molecule has 3 N–H and O–H groups in total. The highest BCUT2D eigenvalue weighted by Gasteiger charge is 2.09. The smallest absolute Gasteiger partial charge is 0.138 e. The van der Waals surface area contributed by atoms with Crippen molar-refractivity contribution in [3.63, 3.8) is 0 Å². The van der Waals surface area contributed by atoms with Crippen molar-refractivity contribution in [2.24, 2.45) is 0 Å². The predicted octanol–water partition coefficient (Wildman–Crippen LogP) is 1.53. The van der Waals surface area contributed by atoms with E-state index in [2.05, 4.69) is 28.5 Å². The maximum atomic E-state index is 5.90. The molecular weight excluding hydrogens is 176 g/mol. The summed E-state index contributed by atoms with van der Waals surface area (Å²) in [6.45, 7) is 6.21. The third-order valence-electron chi connectivity index (χ3n) is 2.56. The zero-order chi connectivity index (χ0) is 10.1. The SMILES string of the molecule is CCN(CC)n1cc(N)c2cc[nH]c21. The Morgan fingerprint density at radius 3 is 2.79 bits per heavy atom. The Hall–Kier alpha value is -1.58. The van der Waals surface area contributed by atoms with E-state index in [4.69, 9.17) is 5.73 Å². The van der Waals surface area contributed by atoms with Crippen LogP contribution in [0.4, 0.5) is 5.69 Å². The summed E-state index contributed by atoms with van der Waals surface area (Å²) in [6, 6.07) is 2.00. The normalized spacial score (nSPS) is 11.0. The minimum absolute atomic E-state index is 0.827. The van der Waals surface area contributed by atoms with Crippen LogP contribution in [0, 0.1) is 0 Å². The predicted molar refractivity (Wildman–Crippen MR) is 60.0 cm³/mol. The van der Waals surface area contributed by atoms with Gasteiger partial charge in [-0.15, -0.1) is 0 Å². The molecule has 0 saturated carbocycles. The highest BCUT2D eigenvalue weighted by atomic mass is 15.5. The fourth-order valence-corrected chi connectivity index (χ4v) is 1.80. The summed E-state index contributed by atoms with van der Waals surface area (Å²) in [4.78, 5) is 3.20. The average Bonchev–Trinajstić information content (AvgIpc) is 2.74. The Morgan fingerprint density at radius 2 is 2.14 bits per heavy atom. The summed E-state index contributed by atoms with van der Waals surface area (Å²) in [6.07, 6.45) is 3.88.